The summed E-state index contributed by atoms with van der Waals surface area (Å²) < 4.78 is 18.1. The SMILES string of the molecule is CCOC(=O)CNC(=O)NCc1ccccc1-c1ccc([C@H]2O[C@@H](CSc3ccccc3)[C@@H](C)[C@@H](c3ccc(CO)cc3)O2)cc1. The monoisotopic (exact) mass is 640 g/mol. The third-order valence-electron chi connectivity index (χ3n) is 7.93. The molecule has 0 aromatic heterocycles. The van der Waals surface area contributed by atoms with Crippen LogP contribution in [0.4, 0.5) is 4.79 Å². The van der Waals surface area contributed by atoms with E-state index in [1.54, 1.807) is 18.7 Å². The van der Waals surface area contributed by atoms with Crippen molar-refractivity contribution in [2.75, 3.05) is 18.9 Å². The van der Waals surface area contributed by atoms with E-state index in [-0.39, 0.29) is 44.4 Å². The van der Waals surface area contributed by atoms with E-state index in [2.05, 4.69) is 29.7 Å². The Hall–Kier alpha value is -4.15. The number of carbonyl (C=O) groups excluding carboxylic acids is 2. The molecule has 4 aromatic carbocycles. The van der Waals surface area contributed by atoms with Gasteiger partial charge in [-0.3, -0.25) is 4.79 Å². The zero-order chi connectivity index (χ0) is 32.3. The van der Waals surface area contributed by atoms with Crippen LogP contribution in [0.2, 0.25) is 0 Å². The van der Waals surface area contributed by atoms with Crippen molar-refractivity contribution >= 4 is 23.8 Å². The molecule has 4 aromatic rings. The fourth-order valence-electron chi connectivity index (χ4n) is 5.38. The first-order valence-electron chi connectivity index (χ1n) is 15.5. The third kappa shape index (κ3) is 8.76. The number of esters is 1. The smallest absolute Gasteiger partial charge is 0.325 e. The van der Waals surface area contributed by atoms with Gasteiger partial charge in [0.05, 0.1) is 25.4 Å². The lowest BCUT2D eigenvalue weighted by Gasteiger charge is -2.41. The molecule has 46 heavy (non-hydrogen) atoms. The molecule has 4 atom stereocenters. The lowest BCUT2D eigenvalue weighted by Crippen LogP contribution is -2.38. The molecule has 240 valence electrons. The van der Waals surface area contributed by atoms with E-state index in [4.69, 9.17) is 14.2 Å². The zero-order valence-electron chi connectivity index (χ0n) is 26.1. The molecular weight excluding hydrogens is 600 g/mol. The Balaban J connectivity index is 1.31. The van der Waals surface area contributed by atoms with E-state index in [0.29, 0.717) is 0 Å². The van der Waals surface area contributed by atoms with Crippen molar-refractivity contribution in [1.82, 2.24) is 10.6 Å². The molecule has 5 rings (SSSR count). The number of urea groups is 1. The van der Waals surface area contributed by atoms with Gasteiger partial charge in [-0.05, 0) is 46.9 Å². The molecular formula is C37H40N2O6S. The number of amides is 2. The van der Waals surface area contributed by atoms with E-state index in [1.165, 1.54) is 4.90 Å². The molecule has 8 nitrogen and oxygen atoms in total. The van der Waals surface area contributed by atoms with Crippen molar-refractivity contribution < 1.29 is 28.9 Å². The van der Waals surface area contributed by atoms with Gasteiger partial charge in [-0.1, -0.05) is 97.9 Å². The first-order chi connectivity index (χ1) is 22.4. The topological polar surface area (TPSA) is 106 Å². The molecule has 0 spiro atoms. The molecule has 1 aliphatic heterocycles. The molecule has 9 heteroatoms. The normalized spacial score (nSPS) is 19.3. The number of aliphatic hydroxyl groups excluding tert-OH is 1. The number of ether oxygens (including phenoxy) is 3. The number of thioether (sulfide) groups is 1. The summed E-state index contributed by atoms with van der Waals surface area (Å²) in [7, 11) is 0. The quantitative estimate of drug-likeness (QED) is 0.116. The van der Waals surface area contributed by atoms with Gasteiger partial charge in [0.15, 0.2) is 6.29 Å². The largest absolute Gasteiger partial charge is 0.465 e. The van der Waals surface area contributed by atoms with Crippen LogP contribution in [-0.4, -0.2) is 42.1 Å². The second-order valence-electron chi connectivity index (χ2n) is 11.1. The highest BCUT2D eigenvalue weighted by molar-refractivity contribution is 7.99. The average Bonchev–Trinajstić information content (AvgIpc) is 3.10. The zero-order valence-corrected chi connectivity index (χ0v) is 26.9. The van der Waals surface area contributed by atoms with Crippen molar-refractivity contribution in [2.45, 2.75) is 50.4 Å². The summed E-state index contributed by atoms with van der Waals surface area (Å²) in [5, 5.41) is 14.9. The number of nitrogens with one attached hydrogen (secondary N) is 2. The summed E-state index contributed by atoms with van der Waals surface area (Å²) >= 11 is 1.77. The van der Waals surface area contributed by atoms with Crippen LogP contribution in [0.25, 0.3) is 11.1 Å². The Morgan fingerprint density at radius 1 is 0.848 bits per heavy atom. The summed E-state index contributed by atoms with van der Waals surface area (Å²) in [6, 6.07) is 33.8. The summed E-state index contributed by atoms with van der Waals surface area (Å²) in [5.74, 6) is 0.397. The van der Waals surface area contributed by atoms with E-state index in [9.17, 15) is 14.7 Å². The van der Waals surface area contributed by atoms with Crippen molar-refractivity contribution in [1.29, 1.82) is 0 Å². The molecule has 0 saturated carbocycles. The summed E-state index contributed by atoms with van der Waals surface area (Å²) in [6.45, 7) is 4.25. The predicted molar refractivity (Wildman–Crippen MR) is 179 cm³/mol. The molecule has 2 amide bonds. The van der Waals surface area contributed by atoms with Gasteiger partial charge in [0.2, 0.25) is 0 Å². The van der Waals surface area contributed by atoms with Crippen LogP contribution in [0.3, 0.4) is 0 Å². The minimum absolute atomic E-state index is 0.00233. The van der Waals surface area contributed by atoms with Gasteiger partial charge >= 0.3 is 12.0 Å². The van der Waals surface area contributed by atoms with Crippen LogP contribution in [0.5, 0.6) is 0 Å². The van der Waals surface area contributed by atoms with Gasteiger partial charge in [-0.2, -0.15) is 0 Å². The number of carbonyl (C=O) groups is 2. The minimum atomic E-state index is -0.561. The lowest BCUT2D eigenvalue weighted by atomic mass is 9.91. The van der Waals surface area contributed by atoms with Gasteiger partial charge in [-0.25, -0.2) is 4.79 Å². The fraction of sp³-hybridized carbons (Fsp3) is 0.297. The Bertz CT molecular complexity index is 1570. The van der Waals surface area contributed by atoms with E-state index >= 15 is 0 Å². The summed E-state index contributed by atoms with van der Waals surface area (Å²) in [6.07, 6.45) is -0.809. The van der Waals surface area contributed by atoms with Crippen LogP contribution < -0.4 is 10.6 Å². The van der Waals surface area contributed by atoms with Gasteiger partial charge in [0.25, 0.3) is 0 Å². The molecule has 0 radical (unpaired) electrons. The van der Waals surface area contributed by atoms with Crippen molar-refractivity contribution in [3.63, 3.8) is 0 Å². The van der Waals surface area contributed by atoms with Crippen LogP contribution in [-0.2, 0) is 32.2 Å². The Kier molecular flexibility index (Phi) is 11.9. The third-order valence-corrected chi connectivity index (χ3v) is 9.03. The first kappa shape index (κ1) is 33.2. The molecule has 0 unspecified atom stereocenters. The van der Waals surface area contributed by atoms with Crippen LogP contribution in [0, 0.1) is 5.92 Å². The van der Waals surface area contributed by atoms with Crippen LogP contribution in [0.15, 0.2) is 108 Å². The number of rotatable bonds is 12. The second kappa shape index (κ2) is 16.4. The molecule has 1 heterocycles. The molecule has 3 N–H and O–H groups in total. The van der Waals surface area contributed by atoms with Crippen LogP contribution >= 0.6 is 11.8 Å². The molecule has 0 aliphatic carbocycles. The van der Waals surface area contributed by atoms with Crippen LogP contribution in [0.1, 0.15) is 48.5 Å². The predicted octanol–water partition coefficient (Wildman–Crippen LogP) is 6.79. The maximum Gasteiger partial charge on any atom is 0.325 e. The summed E-state index contributed by atoms with van der Waals surface area (Å²) in [4.78, 5) is 25.0. The van der Waals surface area contributed by atoms with Gasteiger partial charge in [0.1, 0.15) is 6.54 Å². The molecule has 1 fully saturated rings. The number of hydrogen-bond donors (Lipinski definition) is 3. The van der Waals surface area contributed by atoms with Crippen molar-refractivity contribution in [3.8, 4) is 11.1 Å². The standard InChI is InChI=1S/C37H40N2O6S/c1-3-43-34(41)22-39-37(42)38-21-30-9-7-8-12-32(30)27-17-19-29(20-18-27)36-44-33(24-46-31-10-5-4-6-11-31)25(2)35(45-36)28-15-13-26(23-40)14-16-28/h4-20,25,33,35-36,40H,3,21-24H2,1-2H3,(H2,38,39,42)/t25-,33+,35+,36+/m1/s1. The van der Waals surface area contributed by atoms with Crippen molar-refractivity contribution in [3.05, 3.63) is 125 Å². The second-order valence-corrected chi connectivity index (χ2v) is 12.2. The van der Waals surface area contributed by atoms with Gasteiger partial charge in [-0.15, -0.1) is 11.8 Å². The minimum Gasteiger partial charge on any atom is -0.465 e. The Morgan fingerprint density at radius 3 is 2.26 bits per heavy atom. The van der Waals surface area contributed by atoms with Crippen molar-refractivity contribution in [2.24, 2.45) is 5.92 Å². The van der Waals surface area contributed by atoms with Gasteiger partial charge in [0, 0.05) is 28.7 Å². The maximum absolute atomic E-state index is 12.3. The average molecular weight is 641 g/mol. The fourth-order valence-corrected chi connectivity index (χ4v) is 6.47. The highest BCUT2D eigenvalue weighted by Crippen LogP contribution is 2.43. The molecule has 1 saturated heterocycles. The summed E-state index contributed by atoms with van der Waals surface area (Å²) in [5.41, 5.74) is 5.74. The number of aliphatic hydroxyl groups is 1. The maximum atomic E-state index is 12.3. The highest BCUT2D eigenvalue weighted by atomic mass is 32.2. The molecule has 1 aliphatic rings. The van der Waals surface area contributed by atoms with E-state index < -0.39 is 18.3 Å². The Morgan fingerprint density at radius 2 is 1.54 bits per heavy atom. The lowest BCUT2D eigenvalue weighted by molar-refractivity contribution is -0.268. The van der Waals surface area contributed by atoms with E-state index in [1.807, 2.05) is 91.0 Å². The first-order valence-corrected chi connectivity index (χ1v) is 16.5. The molecule has 0 bridgehead atoms. The van der Waals surface area contributed by atoms with E-state index in [0.717, 1.165) is 39.1 Å². The Labute approximate surface area is 274 Å². The number of hydrogen-bond acceptors (Lipinski definition) is 7. The number of benzene rings is 4. The van der Waals surface area contributed by atoms with Gasteiger partial charge < -0.3 is 30.0 Å². The highest BCUT2D eigenvalue weighted by Gasteiger charge is 2.38.